The van der Waals surface area contributed by atoms with E-state index in [9.17, 15) is 19.0 Å². The van der Waals surface area contributed by atoms with E-state index in [1.54, 1.807) is 0 Å². The molecule has 0 amide bonds. The minimum atomic E-state index is -4.65. The van der Waals surface area contributed by atoms with Crippen molar-refractivity contribution in [3.8, 4) is 0 Å². The van der Waals surface area contributed by atoms with Crippen LogP contribution in [0.4, 0.5) is 0 Å². The molecule has 10 heteroatoms. The van der Waals surface area contributed by atoms with Crippen LogP contribution in [0.1, 0.15) is 206 Å². The second kappa shape index (κ2) is 55.6. The molecule has 430 valence electrons. The molecule has 0 aliphatic heterocycles. The van der Waals surface area contributed by atoms with Gasteiger partial charge in [-0.1, -0.05) is 224 Å². The lowest BCUT2D eigenvalue weighted by Gasteiger charge is -2.28. The van der Waals surface area contributed by atoms with Crippen LogP contribution >= 0.6 is 7.82 Å². The average molecular weight is 1070 g/mol. The van der Waals surface area contributed by atoms with E-state index in [4.69, 9.17) is 18.5 Å². The van der Waals surface area contributed by atoms with E-state index < -0.39 is 32.5 Å². The van der Waals surface area contributed by atoms with E-state index >= 15 is 0 Å². The van der Waals surface area contributed by atoms with E-state index in [1.807, 2.05) is 21.1 Å². The molecule has 0 aliphatic carbocycles. The fourth-order valence-electron chi connectivity index (χ4n) is 7.37. The number of nitrogens with zero attached hydrogens (tertiary/aromatic N) is 1. The monoisotopic (exact) mass is 1070 g/mol. The summed E-state index contributed by atoms with van der Waals surface area (Å²) in [6.07, 6.45) is 81.8. The second-order valence-corrected chi connectivity index (χ2v) is 21.7. The Morgan fingerprint density at radius 1 is 0.408 bits per heavy atom. The highest BCUT2D eigenvalue weighted by molar-refractivity contribution is 7.45. The van der Waals surface area contributed by atoms with Crippen LogP contribution in [-0.4, -0.2) is 70.0 Å². The number of hydrogen-bond acceptors (Lipinski definition) is 8. The predicted octanol–water partition coefficient (Wildman–Crippen LogP) is 18.1. The molecule has 0 aromatic heterocycles. The highest BCUT2D eigenvalue weighted by Crippen LogP contribution is 2.38. The smallest absolute Gasteiger partial charge is 0.306 e. The van der Waals surface area contributed by atoms with Gasteiger partial charge in [-0.3, -0.25) is 14.2 Å². The number of unbranched alkanes of at least 4 members (excludes halogenated alkanes) is 14. The van der Waals surface area contributed by atoms with Crippen LogP contribution in [0.2, 0.25) is 0 Å². The Kier molecular flexibility index (Phi) is 52.6. The molecule has 0 saturated carbocycles. The number of carbonyl (C=O) groups is 2. The van der Waals surface area contributed by atoms with Crippen molar-refractivity contribution in [3.05, 3.63) is 146 Å². The van der Waals surface area contributed by atoms with Crippen LogP contribution in [-0.2, 0) is 32.7 Å². The molecule has 9 nitrogen and oxygen atoms in total. The number of phosphoric acid groups is 1. The fraction of sp³-hybridized carbons (Fsp3) is 0.606. The lowest BCUT2D eigenvalue weighted by molar-refractivity contribution is -0.870. The minimum Gasteiger partial charge on any atom is -0.756 e. The van der Waals surface area contributed by atoms with Crippen molar-refractivity contribution in [2.75, 3.05) is 47.5 Å². The van der Waals surface area contributed by atoms with Crippen LogP contribution in [0.5, 0.6) is 0 Å². The molecule has 0 bridgehead atoms. The first kappa shape index (κ1) is 71.9. The number of phosphoric ester groups is 1. The van der Waals surface area contributed by atoms with Gasteiger partial charge in [-0.05, 0) is 116 Å². The molecule has 0 spiro atoms. The Balaban J connectivity index is 4.18. The molecule has 0 saturated heterocycles. The molecule has 0 aromatic carbocycles. The summed E-state index contributed by atoms with van der Waals surface area (Å²) in [5.74, 6) is -0.877. The normalized spacial score (nSPS) is 14.3. The SMILES string of the molecule is CC/C=C\C/C=C\C/C=C\C/C=C\C/C=C\C/C=C\C/C=C\C/C=C\CCCCCCCCCCCCC(=O)OC(COC(=O)CCCCCC/C=C\C/C=C\C/C=C\C/C=C\CC)COP(=O)([O-])OCC[N+](C)(C)C. The molecular formula is C66H108NO8P. The average Bonchev–Trinajstić information content (AvgIpc) is 3.38. The van der Waals surface area contributed by atoms with Crippen molar-refractivity contribution in [1.29, 1.82) is 0 Å². The van der Waals surface area contributed by atoms with Gasteiger partial charge in [0.05, 0.1) is 27.7 Å². The highest BCUT2D eigenvalue weighted by atomic mass is 31.2. The number of quaternary nitrogens is 1. The van der Waals surface area contributed by atoms with Crippen molar-refractivity contribution < 1.29 is 42.1 Å². The minimum absolute atomic E-state index is 0.0439. The zero-order valence-corrected chi connectivity index (χ0v) is 49.5. The van der Waals surface area contributed by atoms with Gasteiger partial charge in [-0.15, -0.1) is 0 Å². The van der Waals surface area contributed by atoms with Crippen molar-refractivity contribution in [2.24, 2.45) is 0 Å². The molecule has 0 N–H and O–H groups in total. The van der Waals surface area contributed by atoms with Crippen molar-refractivity contribution in [3.63, 3.8) is 0 Å². The molecule has 0 radical (unpaired) electrons. The summed E-state index contributed by atoms with van der Waals surface area (Å²) < 4.78 is 34.1. The fourth-order valence-corrected chi connectivity index (χ4v) is 8.10. The van der Waals surface area contributed by atoms with E-state index in [0.29, 0.717) is 23.9 Å². The first-order valence-corrected chi connectivity index (χ1v) is 31.0. The topological polar surface area (TPSA) is 111 Å². The van der Waals surface area contributed by atoms with Crippen LogP contribution in [0.15, 0.2) is 146 Å². The first-order chi connectivity index (χ1) is 37.0. The van der Waals surface area contributed by atoms with Crippen molar-refractivity contribution in [2.45, 2.75) is 213 Å². The van der Waals surface area contributed by atoms with Crippen LogP contribution in [0.3, 0.4) is 0 Å². The molecule has 0 rings (SSSR count). The zero-order valence-electron chi connectivity index (χ0n) is 48.6. The second-order valence-electron chi connectivity index (χ2n) is 20.2. The molecule has 0 heterocycles. The predicted molar refractivity (Wildman–Crippen MR) is 323 cm³/mol. The third-order valence-corrected chi connectivity index (χ3v) is 12.8. The molecule has 2 unspecified atom stereocenters. The van der Waals surface area contributed by atoms with E-state index in [2.05, 4.69) is 160 Å². The summed E-state index contributed by atoms with van der Waals surface area (Å²) in [4.78, 5) is 37.8. The highest BCUT2D eigenvalue weighted by Gasteiger charge is 2.21. The summed E-state index contributed by atoms with van der Waals surface area (Å²) in [5.41, 5.74) is 0. The largest absolute Gasteiger partial charge is 0.756 e. The Bertz CT molecular complexity index is 1790. The van der Waals surface area contributed by atoms with Gasteiger partial charge >= 0.3 is 11.9 Å². The van der Waals surface area contributed by atoms with E-state index in [-0.39, 0.29) is 26.1 Å². The molecule has 76 heavy (non-hydrogen) atoms. The quantitative estimate of drug-likeness (QED) is 0.0195. The van der Waals surface area contributed by atoms with Gasteiger partial charge in [0.15, 0.2) is 6.10 Å². The molecule has 2 atom stereocenters. The van der Waals surface area contributed by atoms with Crippen molar-refractivity contribution in [1.82, 2.24) is 0 Å². The third-order valence-electron chi connectivity index (χ3n) is 11.9. The van der Waals surface area contributed by atoms with Crippen molar-refractivity contribution >= 4 is 19.8 Å². The molecule has 0 aliphatic rings. The van der Waals surface area contributed by atoms with Crippen LogP contribution in [0, 0.1) is 0 Å². The third kappa shape index (κ3) is 59.1. The molecule has 0 fully saturated rings. The Morgan fingerprint density at radius 2 is 0.711 bits per heavy atom. The zero-order chi connectivity index (χ0) is 55.6. The van der Waals surface area contributed by atoms with Gasteiger partial charge in [0, 0.05) is 12.8 Å². The summed E-state index contributed by atoms with van der Waals surface area (Å²) in [7, 11) is 1.13. The van der Waals surface area contributed by atoms with Gasteiger partial charge in [0.2, 0.25) is 0 Å². The summed E-state index contributed by atoms with van der Waals surface area (Å²) >= 11 is 0. The van der Waals surface area contributed by atoms with Crippen LogP contribution in [0.25, 0.3) is 0 Å². The van der Waals surface area contributed by atoms with E-state index in [1.165, 1.54) is 38.5 Å². The number of ether oxygens (including phenoxy) is 2. The molecular weight excluding hydrogens is 966 g/mol. The maximum absolute atomic E-state index is 12.8. The number of likely N-dealkylation sites (N-methyl/N-ethyl adjacent to an activating group) is 1. The van der Waals surface area contributed by atoms with Gasteiger partial charge in [0.25, 0.3) is 7.82 Å². The number of rotatable bonds is 52. The van der Waals surface area contributed by atoms with Gasteiger partial charge in [0.1, 0.15) is 19.8 Å². The number of allylic oxidation sites excluding steroid dienone is 24. The van der Waals surface area contributed by atoms with Gasteiger partial charge in [-0.25, -0.2) is 0 Å². The summed E-state index contributed by atoms with van der Waals surface area (Å²) in [6.45, 7) is 3.95. The van der Waals surface area contributed by atoms with E-state index in [0.717, 1.165) is 128 Å². The van der Waals surface area contributed by atoms with Gasteiger partial charge in [-0.2, -0.15) is 0 Å². The summed E-state index contributed by atoms with van der Waals surface area (Å²) in [5, 5.41) is 0. The van der Waals surface area contributed by atoms with Gasteiger partial charge < -0.3 is 27.9 Å². The Morgan fingerprint density at radius 3 is 1.05 bits per heavy atom. The lowest BCUT2D eigenvalue weighted by atomic mass is 10.0. The number of esters is 2. The molecule has 0 aromatic rings. The standard InChI is InChI=1S/C66H108NO8P/c1-6-8-10-12-14-16-18-20-22-24-25-26-27-28-29-30-31-32-33-34-35-36-37-38-39-40-41-43-45-47-49-51-53-55-57-59-66(69)75-64(63-74-76(70,71)73-61-60-67(3,4)5)62-72-65(68)58-56-54-52-50-48-46-44-42-23-21-19-17-15-13-11-9-7-2/h8-11,14-17,20-23,25-26,28-29,31-32,34-35,37-38,44,46,64H,6-7,12-13,18-19,24,27,30,33,36,39-43,45,47-63H2,1-5H3/b10-8-,11-9-,16-14-,17-15-,22-20-,23-21-,26-25-,29-28-,32-31-,35-34-,38-37-,46-44-. The lowest BCUT2D eigenvalue weighted by Crippen LogP contribution is -2.37. The Labute approximate surface area is 465 Å². The number of carbonyl (C=O) groups excluding carboxylic acids is 2. The first-order valence-electron chi connectivity index (χ1n) is 29.5. The summed E-state index contributed by atoms with van der Waals surface area (Å²) in [6, 6.07) is 0. The maximum Gasteiger partial charge on any atom is 0.306 e. The maximum atomic E-state index is 12.8. The Hall–Kier alpha value is -4.11. The van der Waals surface area contributed by atoms with Crippen LogP contribution < -0.4 is 4.89 Å². The number of hydrogen-bond donors (Lipinski definition) is 0.